The summed E-state index contributed by atoms with van der Waals surface area (Å²) in [5.74, 6) is -1.44. The quantitative estimate of drug-likeness (QED) is 0.0281. The minimum Gasteiger partial charge on any atom is -0.477 e. The van der Waals surface area contributed by atoms with Crippen molar-refractivity contribution in [2.24, 2.45) is 0 Å². The van der Waals surface area contributed by atoms with Crippen molar-refractivity contribution in [2.75, 3.05) is 41.0 Å². The van der Waals surface area contributed by atoms with Crippen molar-refractivity contribution in [1.29, 1.82) is 0 Å². The molecule has 0 saturated heterocycles. The number of carboxylic acids is 1. The van der Waals surface area contributed by atoms with Crippen LogP contribution in [-0.4, -0.2) is 80.6 Å². The lowest BCUT2D eigenvalue weighted by Gasteiger charge is -2.31. The fraction of sp³-hybridized carbons (Fsp3) is 0.883. The van der Waals surface area contributed by atoms with Gasteiger partial charge < -0.3 is 23.8 Å². The van der Waals surface area contributed by atoms with Gasteiger partial charge in [-0.2, -0.15) is 0 Å². The number of carbonyl (C=O) groups excluding carboxylic acids is 2. The van der Waals surface area contributed by atoms with Gasteiger partial charge in [0.15, 0.2) is 12.1 Å². The van der Waals surface area contributed by atoms with Crippen molar-refractivity contribution in [3.63, 3.8) is 0 Å². The summed E-state index contributed by atoms with van der Waals surface area (Å²) in [6.07, 6.45) is 61.0. The molecule has 0 rings (SSSR count). The second-order valence-corrected chi connectivity index (χ2v) is 21.2. The molecular formula is C60H114NO7+. The Morgan fingerprint density at radius 2 is 0.824 bits per heavy atom. The molecule has 0 heterocycles. The average Bonchev–Trinajstić information content (AvgIpc) is 3.30. The highest BCUT2D eigenvalue weighted by Gasteiger charge is 2.31. The van der Waals surface area contributed by atoms with Crippen LogP contribution in [0.5, 0.6) is 0 Å². The molecule has 8 heteroatoms. The minimum atomic E-state index is -0.869. The Balaban J connectivity index is 4.10. The standard InChI is InChI=1S/C60H113NO7/c1-6-8-10-12-14-16-18-20-22-24-26-28-29-31-33-35-37-39-41-43-45-47-49-51-59(63)68-56(54-66-53-52-57(60(64)65)61(3,4)5)55-67-58(62)50-48-46-44-42-40-38-36-34-32-30-27-25-23-21-19-17-15-13-11-9-7-2/h9,11,15,17,56-57H,6-8,10,12-14,16,18-55H2,1-5H3/p+1/b11-9+,17-15+. The van der Waals surface area contributed by atoms with E-state index in [-0.39, 0.29) is 36.2 Å². The molecule has 1 N–H and O–H groups in total. The summed E-state index contributed by atoms with van der Waals surface area (Å²) >= 11 is 0. The van der Waals surface area contributed by atoms with Gasteiger partial charge >= 0.3 is 17.9 Å². The van der Waals surface area contributed by atoms with Gasteiger partial charge in [-0.1, -0.05) is 256 Å². The van der Waals surface area contributed by atoms with Gasteiger partial charge in [-0.25, -0.2) is 4.79 Å². The third-order valence-corrected chi connectivity index (χ3v) is 13.6. The Hall–Kier alpha value is -2.19. The third kappa shape index (κ3) is 48.8. The first kappa shape index (κ1) is 65.8. The highest BCUT2D eigenvalue weighted by Crippen LogP contribution is 2.18. The lowest BCUT2D eigenvalue weighted by molar-refractivity contribution is -0.887. The molecule has 68 heavy (non-hydrogen) atoms. The predicted octanol–water partition coefficient (Wildman–Crippen LogP) is 17.5. The molecule has 8 nitrogen and oxygen atoms in total. The Morgan fingerprint density at radius 3 is 1.21 bits per heavy atom. The zero-order valence-corrected chi connectivity index (χ0v) is 45.8. The molecule has 0 aliphatic carbocycles. The summed E-state index contributed by atoms with van der Waals surface area (Å²) < 4.78 is 17.4. The number of aliphatic carboxylic acids is 1. The summed E-state index contributed by atoms with van der Waals surface area (Å²) in [6, 6.07) is -0.612. The molecule has 0 bridgehead atoms. The van der Waals surface area contributed by atoms with Crippen LogP contribution in [0.25, 0.3) is 0 Å². The van der Waals surface area contributed by atoms with E-state index in [1.165, 1.54) is 205 Å². The second kappa shape index (κ2) is 51.2. The minimum absolute atomic E-state index is 0.0450. The van der Waals surface area contributed by atoms with Crippen LogP contribution < -0.4 is 0 Å². The molecular weight excluding hydrogens is 847 g/mol. The first-order valence-corrected chi connectivity index (χ1v) is 29.4. The van der Waals surface area contributed by atoms with E-state index >= 15 is 0 Å². The fourth-order valence-electron chi connectivity index (χ4n) is 9.13. The maximum atomic E-state index is 12.8. The van der Waals surface area contributed by atoms with E-state index in [0.29, 0.717) is 19.3 Å². The summed E-state index contributed by atoms with van der Waals surface area (Å²) in [5.41, 5.74) is 0. The van der Waals surface area contributed by atoms with E-state index < -0.39 is 18.1 Å². The Kier molecular flexibility index (Phi) is 49.5. The Labute approximate surface area is 421 Å². The number of likely N-dealkylation sites (N-methyl/N-ethyl adjacent to an activating group) is 1. The van der Waals surface area contributed by atoms with Crippen LogP contribution in [-0.2, 0) is 28.6 Å². The normalized spacial score (nSPS) is 12.9. The maximum absolute atomic E-state index is 12.8. The highest BCUT2D eigenvalue weighted by atomic mass is 16.6. The van der Waals surface area contributed by atoms with Crippen LogP contribution in [0, 0.1) is 0 Å². The average molecular weight is 962 g/mol. The van der Waals surface area contributed by atoms with Crippen LogP contribution in [0.4, 0.5) is 0 Å². The van der Waals surface area contributed by atoms with Gasteiger partial charge in [-0.15, -0.1) is 0 Å². The number of allylic oxidation sites excluding steroid dienone is 4. The third-order valence-electron chi connectivity index (χ3n) is 13.6. The van der Waals surface area contributed by atoms with Crippen molar-refractivity contribution < 1.29 is 38.2 Å². The molecule has 2 atom stereocenters. The van der Waals surface area contributed by atoms with Gasteiger partial charge in [-0.05, 0) is 38.5 Å². The van der Waals surface area contributed by atoms with Crippen LogP contribution in [0.15, 0.2) is 24.3 Å². The number of unbranched alkanes of at least 4 members (excludes halogenated alkanes) is 36. The van der Waals surface area contributed by atoms with Gasteiger partial charge in [0.25, 0.3) is 0 Å². The van der Waals surface area contributed by atoms with Gasteiger partial charge in [0.1, 0.15) is 6.61 Å². The van der Waals surface area contributed by atoms with Crippen molar-refractivity contribution in [3.05, 3.63) is 24.3 Å². The zero-order chi connectivity index (χ0) is 49.9. The smallest absolute Gasteiger partial charge is 0.362 e. The SMILES string of the molecule is CC/C=C/C/C=C/CCCCCCCCCCCCCCCCC(=O)OCC(COCCC(C(=O)O)[N+](C)(C)C)OC(=O)CCCCCCCCCCCCCCCCCCCCCCCCC. The number of esters is 2. The monoisotopic (exact) mass is 961 g/mol. The molecule has 0 aromatic rings. The topological polar surface area (TPSA) is 99.1 Å². The first-order chi connectivity index (χ1) is 33.1. The van der Waals surface area contributed by atoms with Gasteiger partial charge in [0.2, 0.25) is 0 Å². The van der Waals surface area contributed by atoms with Crippen molar-refractivity contribution in [2.45, 2.75) is 302 Å². The fourth-order valence-corrected chi connectivity index (χ4v) is 9.13. The van der Waals surface area contributed by atoms with Gasteiger partial charge in [0, 0.05) is 19.3 Å². The summed E-state index contributed by atoms with van der Waals surface area (Å²) in [6.45, 7) is 4.70. The Morgan fingerprint density at radius 1 is 0.456 bits per heavy atom. The maximum Gasteiger partial charge on any atom is 0.362 e. The summed E-state index contributed by atoms with van der Waals surface area (Å²) in [7, 11) is 5.56. The molecule has 0 spiro atoms. The van der Waals surface area contributed by atoms with Crippen LogP contribution in [0.2, 0.25) is 0 Å². The van der Waals surface area contributed by atoms with E-state index in [0.717, 1.165) is 51.4 Å². The highest BCUT2D eigenvalue weighted by molar-refractivity contribution is 5.72. The molecule has 0 aliphatic heterocycles. The van der Waals surface area contributed by atoms with Gasteiger partial charge in [0.05, 0.1) is 34.4 Å². The van der Waals surface area contributed by atoms with E-state index in [9.17, 15) is 19.5 Å². The molecule has 0 aromatic heterocycles. The second-order valence-electron chi connectivity index (χ2n) is 21.2. The number of carboxylic acid groups (broad SMARTS) is 1. The molecule has 0 saturated carbocycles. The van der Waals surface area contributed by atoms with Gasteiger partial charge in [-0.3, -0.25) is 9.59 Å². The number of rotatable bonds is 54. The number of nitrogens with zero attached hydrogens (tertiary/aromatic N) is 1. The van der Waals surface area contributed by atoms with Crippen LogP contribution in [0.1, 0.15) is 290 Å². The molecule has 2 unspecified atom stereocenters. The first-order valence-electron chi connectivity index (χ1n) is 29.4. The van der Waals surface area contributed by atoms with E-state index in [1.807, 2.05) is 21.1 Å². The molecule has 0 aromatic carbocycles. The molecule has 400 valence electrons. The largest absolute Gasteiger partial charge is 0.477 e. The molecule has 0 radical (unpaired) electrons. The van der Waals surface area contributed by atoms with Crippen LogP contribution in [0.3, 0.4) is 0 Å². The summed E-state index contributed by atoms with van der Waals surface area (Å²) in [5, 5.41) is 9.68. The molecule has 0 fully saturated rings. The molecule has 0 amide bonds. The number of ether oxygens (including phenoxy) is 3. The number of hydrogen-bond acceptors (Lipinski definition) is 6. The van der Waals surface area contributed by atoms with Crippen molar-refractivity contribution >= 4 is 17.9 Å². The predicted molar refractivity (Wildman–Crippen MR) is 289 cm³/mol. The molecule has 0 aliphatic rings. The number of hydrogen-bond donors (Lipinski definition) is 1. The Bertz CT molecular complexity index is 1160. The van der Waals surface area contributed by atoms with E-state index in [4.69, 9.17) is 14.2 Å². The summed E-state index contributed by atoms with van der Waals surface area (Å²) in [4.78, 5) is 37.3. The number of carbonyl (C=O) groups is 3. The zero-order valence-electron chi connectivity index (χ0n) is 45.8. The van der Waals surface area contributed by atoms with E-state index in [2.05, 4.69) is 38.2 Å². The number of quaternary nitrogens is 1. The van der Waals surface area contributed by atoms with Crippen molar-refractivity contribution in [3.8, 4) is 0 Å². The lowest BCUT2D eigenvalue weighted by Crippen LogP contribution is -2.50. The van der Waals surface area contributed by atoms with Crippen molar-refractivity contribution in [1.82, 2.24) is 0 Å². The van der Waals surface area contributed by atoms with Crippen LogP contribution >= 0.6 is 0 Å². The lowest BCUT2D eigenvalue weighted by atomic mass is 10.0. The van der Waals surface area contributed by atoms with E-state index in [1.54, 1.807) is 0 Å².